The number of aromatic carboxylic acids is 1. The van der Waals surface area contributed by atoms with Crippen LogP contribution in [0, 0.1) is 11.7 Å². The molecule has 0 aliphatic heterocycles. The molecule has 1 atom stereocenters. The first kappa shape index (κ1) is 14.1. The van der Waals surface area contributed by atoms with Crippen LogP contribution in [0.25, 0.3) is 0 Å². The fourth-order valence-corrected chi connectivity index (χ4v) is 1.41. The molecule has 0 aliphatic carbocycles. The molecule has 0 spiro atoms. The summed E-state index contributed by atoms with van der Waals surface area (Å²) < 4.78 is 13.1. The number of rotatable bonds is 5. The minimum atomic E-state index is -1.38. The van der Waals surface area contributed by atoms with Gasteiger partial charge in [0.05, 0.1) is 5.56 Å². The summed E-state index contributed by atoms with van der Waals surface area (Å²) in [4.78, 5) is 22.4. The molecule has 1 amide bonds. The van der Waals surface area contributed by atoms with Crippen LogP contribution in [-0.4, -0.2) is 23.5 Å². The SMILES string of the molecule is CC(CCN)C(=O)Nc1ccc(F)c(C(=O)O)c1. The van der Waals surface area contributed by atoms with Gasteiger partial charge in [-0.2, -0.15) is 0 Å². The maximum absolute atomic E-state index is 13.1. The van der Waals surface area contributed by atoms with E-state index >= 15 is 0 Å². The van der Waals surface area contributed by atoms with E-state index in [2.05, 4.69) is 5.32 Å². The molecule has 0 radical (unpaired) electrons. The molecule has 1 aromatic carbocycles. The average molecular weight is 254 g/mol. The Morgan fingerprint density at radius 2 is 2.17 bits per heavy atom. The fraction of sp³-hybridized carbons (Fsp3) is 0.333. The summed E-state index contributed by atoms with van der Waals surface area (Å²) in [5.41, 5.74) is 5.12. The maximum Gasteiger partial charge on any atom is 0.338 e. The van der Waals surface area contributed by atoms with Gasteiger partial charge < -0.3 is 16.2 Å². The van der Waals surface area contributed by atoms with Crippen molar-refractivity contribution in [1.82, 2.24) is 0 Å². The summed E-state index contributed by atoms with van der Waals surface area (Å²) in [6, 6.07) is 3.41. The molecule has 0 fully saturated rings. The van der Waals surface area contributed by atoms with Gasteiger partial charge in [-0.1, -0.05) is 6.92 Å². The van der Waals surface area contributed by atoms with Crippen LogP contribution in [-0.2, 0) is 4.79 Å². The first-order chi connectivity index (χ1) is 8.45. The zero-order chi connectivity index (χ0) is 13.7. The number of hydrogen-bond acceptors (Lipinski definition) is 3. The van der Waals surface area contributed by atoms with Crippen LogP contribution in [0.4, 0.5) is 10.1 Å². The number of carbonyl (C=O) groups is 2. The van der Waals surface area contributed by atoms with E-state index < -0.39 is 17.3 Å². The quantitative estimate of drug-likeness (QED) is 0.741. The Morgan fingerprint density at radius 3 is 2.72 bits per heavy atom. The lowest BCUT2D eigenvalue weighted by Gasteiger charge is -2.11. The number of carboxylic acids is 1. The summed E-state index contributed by atoms with van der Waals surface area (Å²) in [5.74, 6) is -2.77. The molecular formula is C12H15FN2O3. The van der Waals surface area contributed by atoms with Crippen molar-refractivity contribution in [2.24, 2.45) is 11.7 Å². The van der Waals surface area contributed by atoms with Crippen molar-refractivity contribution in [1.29, 1.82) is 0 Å². The highest BCUT2D eigenvalue weighted by atomic mass is 19.1. The summed E-state index contributed by atoms with van der Waals surface area (Å²) in [5, 5.41) is 11.3. The second-order valence-electron chi connectivity index (χ2n) is 3.97. The molecule has 18 heavy (non-hydrogen) atoms. The van der Waals surface area contributed by atoms with Crippen molar-refractivity contribution in [3.8, 4) is 0 Å². The number of benzene rings is 1. The van der Waals surface area contributed by atoms with Crippen molar-refractivity contribution < 1.29 is 19.1 Å². The van der Waals surface area contributed by atoms with Crippen LogP contribution < -0.4 is 11.1 Å². The predicted molar refractivity (Wildman–Crippen MR) is 64.8 cm³/mol. The smallest absolute Gasteiger partial charge is 0.338 e. The van der Waals surface area contributed by atoms with Gasteiger partial charge in [-0.3, -0.25) is 4.79 Å². The minimum Gasteiger partial charge on any atom is -0.478 e. The highest BCUT2D eigenvalue weighted by Gasteiger charge is 2.15. The average Bonchev–Trinajstić information content (AvgIpc) is 2.31. The van der Waals surface area contributed by atoms with E-state index in [1.165, 1.54) is 6.07 Å². The Morgan fingerprint density at radius 1 is 1.50 bits per heavy atom. The van der Waals surface area contributed by atoms with E-state index in [1.54, 1.807) is 6.92 Å². The number of carboxylic acid groups (broad SMARTS) is 1. The molecule has 1 unspecified atom stereocenters. The Balaban J connectivity index is 2.82. The number of halogens is 1. The van der Waals surface area contributed by atoms with Crippen molar-refractivity contribution in [3.05, 3.63) is 29.6 Å². The zero-order valence-corrected chi connectivity index (χ0v) is 9.94. The Hall–Kier alpha value is -1.95. The van der Waals surface area contributed by atoms with Gasteiger partial charge in [0, 0.05) is 11.6 Å². The molecule has 0 aromatic heterocycles. The van der Waals surface area contributed by atoms with E-state index in [-0.39, 0.29) is 17.5 Å². The third-order valence-electron chi connectivity index (χ3n) is 2.51. The maximum atomic E-state index is 13.1. The van der Waals surface area contributed by atoms with E-state index in [1.807, 2.05) is 0 Å². The van der Waals surface area contributed by atoms with Crippen molar-refractivity contribution in [2.75, 3.05) is 11.9 Å². The molecule has 4 N–H and O–H groups in total. The second-order valence-corrected chi connectivity index (χ2v) is 3.97. The standard InChI is InChI=1S/C12H15FN2O3/c1-7(4-5-14)11(16)15-8-2-3-10(13)9(6-8)12(17)18/h2-3,6-7H,4-5,14H2,1H3,(H,15,16)(H,17,18). The van der Waals surface area contributed by atoms with Gasteiger partial charge in [0.15, 0.2) is 0 Å². The molecule has 0 saturated carbocycles. The summed E-state index contributed by atoms with van der Waals surface area (Å²) >= 11 is 0. The van der Waals surface area contributed by atoms with Crippen LogP contribution in [0.3, 0.4) is 0 Å². The van der Waals surface area contributed by atoms with Crippen LogP contribution in [0.15, 0.2) is 18.2 Å². The lowest BCUT2D eigenvalue weighted by Crippen LogP contribution is -2.22. The van der Waals surface area contributed by atoms with E-state index in [9.17, 15) is 14.0 Å². The van der Waals surface area contributed by atoms with E-state index in [4.69, 9.17) is 10.8 Å². The first-order valence-corrected chi connectivity index (χ1v) is 5.49. The van der Waals surface area contributed by atoms with Gasteiger partial charge >= 0.3 is 5.97 Å². The third-order valence-corrected chi connectivity index (χ3v) is 2.51. The van der Waals surface area contributed by atoms with Crippen LogP contribution in [0.2, 0.25) is 0 Å². The number of hydrogen-bond donors (Lipinski definition) is 3. The molecule has 6 heteroatoms. The Labute approximate surface area is 104 Å². The lowest BCUT2D eigenvalue weighted by molar-refractivity contribution is -0.119. The Kier molecular flexibility index (Phi) is 4.79. The van der Waals surface area contributed by atoms with E-state index in [0.29, 0.717) is 13.0 Å². The van der Waals surface area contributed by atoms with Gasteiger partial charge in [-0.15, -0.1) is 0 Å². The molecule has 1 rings (SSSR count). The molecule has 98 valence electrons. The number of nitrogens with one attached hydrogen (secondary N) is 1. The van der Waals surface area contributed by atoms with Crippen LogP contribution >= 0.6 is 0 Å². The highest BCUT2D eigenvalue weighted by Crippen LogP contribution is 2.16. The number of anilines is 1. The summed E-state index contributed by atoms with van der Waals surface area (Å²) in [6.45, 7) is 2.10. The fourth-order valence-electron chi connectivity index (χ4n) is 1.41. The molecular weight excluding hydrogens is 239 g/mol. The molecule has 0 saturated heterocycles. The zero-order valence-electron chi connectivity index (χ0n) is 9.94. The van der Waals surface area contributed by atoms with Gasteiger partial charge in [0.2, 0.25) is 5.91 Å². The van der Waals surface area contributed by atoms with Gasteiger partial charge in [-0.25, -0.2) is 9.18 Å². The van der Waals surface area contributed by atoms with Crippen LogP contribution in [0.1, 0.15) is 23.7 Å². The normalized spacial score (nSPS) is 11.9. The van der Waals surface area contributed by atoms with Crippen molar-refractivity contribution in [3.63, 3.8) is 0 Å². The van der Waals surface area contributed by atoms with Gasteiger partial charge in [0.25, 0.3) is 0 Å². The van der Waals surface area contributed by atoms with Crippen LogP contribution in [0.5, 0.6) is 0 Å². The van der Waals surface area contributed by atoms with Crippen molar-refractivity contribution >= 4 is 17.6 Å². The molecule has 0 aliphatic rings. The number of amides is 1. The molecule has 1 aromatic rings. The summed E-state index contributed by atoms with van der Waals surface area (Å²) in [7, 11) is 0. The second kappa shape index (κ2) is 6.11. The topological polar surface area (TPSA) is 92.4 Å². The monoisotopic (exact) mass is 254 g/mol. The number of nitrogens with two attached hydrogens (primary N) is 1. The molecule has 5 nitrogen and oxygen atoms in total. The largest absolute Gasteiger partial charge is 0.478 e. The van der Waals surface area contributed by atoms with Gasteiger partial charge in [0.1, 0.15) is 5.82 Å². The molecule has 0 bridgehead atoms. The third kappa shape index (κ3) is 3.53. The molecule has 0 heterocycles. The number of carbonyl (C=O) groups excluding carboxylic acids is 1. The van der Waals surface area contributed by atoms with Crippen molar-refractivity contribution in [2.45, 2.75) is 13.3 Å². The summed E-state index contributed by atoms with van der Waals surface area (Å²) in [6.07, 6.45) is 0.527. The lowest BCUT2D eigenvalue weighted by atomic mass is 10.1. The highest BCUT2D eigenvalue weighted by molar-refractivity contribution is 5.94. The Bertz CT molecular complexity index is 463. The van der Waals surface area contributed by atoms with Gasteiger partial charge in [-0.05, 0) is 31.2 Å². The van der Waals surface area contributed by atoms with E-state index in [0.717, 1.165) is 12.1 Å². The predicted octanol–water partition coefficient (Wildman–Crippen LogP) is 1.45. The minimum absolute atomic E-state index is 0.252. The first-order valence-electron chi connectivity index (χ1n) is 5.49.